The first kappa shape index (κ1) is 9.67. The first-order valence-corrected chi connectivity index (χ1v) is 4.17. The molecule has 3 N–H and O–H groups in total. The average molecular weight is 179 g/mol. The zero-order valence-corrected chi connectivity index (χ0v) is 7.36. The lowest BCUT2D eigenvalue weighted by molar-refractivity contribution is 0.694. The van der Waals surface area contributed by atoms with E-state index in [1.54, 1.807) is 0 Å². The zero-order chi connectivity index (χ0) is 9.52. The number of benzene rings is 1. The van der Waals surface area contributed by atoms with Crippen molar-refractivity contribution in [3.8, 4) is 0 Å². The topological polar surface area (TPSA) is 67.5 Å². The van der Waals surface area contributed by atoms with Crippen LogP contribution in [0.15, 0.2) is 29.4 Å². The molecule has 0 fully saturated rings. The van der Waals surface area contributed by atoms with Gasteiger partial charge in [-0.25, -0.2) is 0 Å². The number of anilines is 1. The number of nitrogens with one attached hydrogen (secondary N) is 1. The molecule has 0 aliphatic rings. The summed E-state index contributed by atoms with van der Waals surface area (Å²) in [5.41, 5.74) is 7.47. The second kappa shape index (κ2) is 5.27. The van der Waals surface area contributed by atoms with Crippen LogP contribution >= 0.6 is 0 Å². The normalized spacial score (nSPS) is 9.85. The fraction of sp³-hybridized carbons (Fsp3) is 0.333. The van der Waals surface area contributed by atoms with E-state index in [0.717, 1.165) is 17.8 Å². The molecule has 0 spiro atoms. The van der Waals surface area contributed by atoms with Crippen LogP contribution in [0.4, 0.5) is 5.69 Å². The number of nitrogen functional groups attached to an aromatic ring is 1. The van der Waals surface area contributed by atoms with E-state index in [1.807, 2.05) is 24.3 Å². The Morgan fingerprint density at radius 2 is 2.31 bits per heavy atom. The van der Waals surface area contributed by atoms with E-state index in [1.165, 1.54) is 0 Å². The summed E-state index contributed by atoms with van der Waals surface area (Å²) in [6.07, 6.45) is 0. The zero-order valence-electron chi connectivity index (χ0n) is 7.36. The third kappa shape index (κ3) is 3.66. The van der Waals surface area contributed by atoms with Crippen molar-refractivity contribution in [2.24, 2.45) is 5.18 Å². The molecule has 0 aromatic heterocycles. The summed E-state index contributed by atoms with van der Waals surface area (Å²) in [4.78, 5) is 9.76. The smallest absolute Gasteiger partial charge is 0.0935 e. The highest BCUT2D eigenvalue weighted by Gasteiger charge is 1.92. The third-order valence-corrected chi connectivity index (χ3v) is 1.66. The van der Waals surface area contributed by atoms with Crippen molar-refractivity contribution in [1.29, 1.82) is 0 Å². The average Bonchev–Trinajstić information content (AvgIpc) is 2.13. The van der Waals surface area contributed by atoms with Crippen molar-refractivity contribution < 1.29 is 0 Å². The summed E-state index contributed by atoms with van der Waals surface area (Å²) in [6, 6.07) is 7.64. The highest BCUT2D eigenvalue weighted by molar-refractivity contribution is 5.40. The second-order valence-corrected chi connectivity index (χ2v) is 2.77. The Morgan fingerprint density at radius 3 is 3.00 bits per heavy atom. The third-order valence-electron chi connectivity index (χ3n) is 1.66. The maximum Gasteiger partial charge on any atom is 0.0935 e. The van der Waals surface area contributed by atoms with Gasteiger partial charge in [-0.1, -0.05) is 17.3 Å². The Morgan fingerprint density at radius 1 is 1.46 bits per heavy atom. The molecule has 0 aliphatic heterocycles. The van der Waals surface area contributed by atoms with Crippen LogP contribution in [0.25, 0.3) is 0 Å². The standard InChI is InChI=1S/C9H13N3O/c10-9-3-1-2-8(6-9)7-11-4-5-12-13/h1-3,6,11H,4-5,7,10H2. The van der Waals surface area contributed by atoms with Crippen LogP contribution in [0.3, 0.4) is 0 Å². The van der Waals surface area contributed by atoms with Gasteiger partial charge in [0.2, 0.25) is 0 Å². The molecule has 13 heavy (non-hydrogen) atoms. The van der Waals surface area contributed by atoms with Crippen molar-refractivity contribution in [2.45, 2.75) is 6.54 Å². The molecule has 0 heterocycles. The molecule has 0 unspecified atom stereocenters. The molecule has 0 saturated heterocycles. The number of nitroso groups, excluding NO2 is 1. The van der Waals surface area contributed by atoms with Gasteiger partial charge < -0.3 is 11.1 Å². The van der Waals surface area contributed by atoms with Crippen LogP contribution < -0.4 is 11.1 Å². The quantitative estimate of drug-likeness (QED) is 0.404. The van der Waals surface area contributed by atoms with E-state index in [0.29, 0.717) is 13.1 Å². The fourth-order valence-electron chi connectivity index (χ4n) is 1.06. The van der Waals surface area contributed by atoms with Crippen molar-refractivity contribution in [1.82, 2.24) is 5.32 Å². The summed E-state index contributed by atoms with van der Waals surface area (Å²) in [5.74, 6) is 0. The van der Waals surface area contributed by atoms with Crippen LogP contribution in [-0.2, 0) is 6.54 Å². The van der Waals surface area contributed by atoms with Crippen LogP contribution in [0.5, 0.6) is 0 Å². The van der Waals surface area contributed by atoms with Gasteiger partial charge in [0.1, 0.15) is 0 Å². The van der Waals surface area contributed by atoms with Crippen LogP contribution in [0.2, 0.25) is 0 Å². The Kier molecular flexibility index (Phi) is 3.92. The summed E-state index contributed by atoms with van der Waals surface area (Å²) in [7, 11) is 0. The van der Waals surface area contributed by atoms with Gasteiger partial charge in [0, 0.05) is 18.8 Å². The SMILES string of the molecule is Nc1cccc(CNCCN=O)c1. The van der Waals surface area contributed by atoms with E-state index >= 15 is 0 Å². The summed E-state index contributed by atoms with van der Waals surface area (Å²) < 4.78 is 0. The van der Waals surface area contributed by atoms with Gasteiger partial charge in [0.05, 0.1) is 6.54 Å². The molecule has 1 rings (SSSR count). The van der Waals surface area contributed by atoms with Crippen molar-refractivity contribution in [3.05, 3.63) is 34.7 Å². The second-order valence-electron chi connectivity index (χ2n) is 2.77. The summed E-state index contributed by atoms with van der Waals surface area (Å²) >= 11 is 0. The molecular formula is C9H13N3O. The molecule has 0 radical (unpaired) electrons. The van der Waals surface area contributed by atoms with E-state index in [-0.39, 0.29) is 0 Å². The van der Waals surface area contributed by atoms with E-state index in [4.69, 9.17) is 5.73 Å². The number of hydrogen-bond acceptors (Lipinski definition) is 4. The minimum Gasteiger partial charge on any atom is -0.399 e. The van der Waals surface area contributed by atoms with Gasteiger partial charge in [0.15, 0.2) is 0 Å². The Bertz CT molecular complexity index is 275. The van der Waals surface area contributed by atoms with Crippen LogP contribution in [0, 0.1) is 4.91 Å². The minimum absolute atomic E-state index is 0.308. The van der Waals surface area contributed by atoms with Crippen molar-refractivity contribution in [2.75, 3.05) is 18.8 Å². The minimum atomic E-state index is 0.308. The van der Waals surface area contributed by atoms with Gasteiger partial charge in [-0.15, -0.1) is 0 Å². The molecule has 70 valence electrons. The number of rotatable bonds is 5. The largest absolute Gasteiger partial charge is 0.399 e. The van der Waals surface area contributed by atoms with Crippen LogP contribution in [-0.4, -0.2) is 13.1 Å². The number of nitrogens with zero attached hydrogens (tertiary/aromatic N) is 1. The van der Waals surface area contributed by atoms with Gasteiger partial charge in [-0.3, -0.25) is 0 Å². The molecule has 4 heteroatoms. The molecule has 0 bridgehead atoms. The molecule has 0 saturated carbocycles. The summed E-state index contributed by atoms with van der Waals surface area (Å²) in [6.45, 7) is 1.64. The molecule has 0 aliphatic carbocycles. The fourth-order valence-corrected chi connectivity index (χ4v) is 1.06. The molecule has 1 aromatic carbocycles. The van der Waals surface area contributed by atoms with Crippen molar-refractivity contribution in [3.63, 3.8) is 0 Å². The Balaban J connectivity index is 2.32. The number of nitrogens with two attached hydrogens (primary N) is 1. The molecule has 0 amide bonds. The van der Waals surface area contributed by atoms with E-state index < -0.39 is 0 Å². The molecular weight excluding hydrogens is 166 g/mol. The van der Waals surface area contributed by atoms with Gasteiger partial charge in [-0.2, -0.15) is 4.91 Å². The Hall–Kier alpha value is -1.42. The lowest BCUT2D eigenvalue weighted by Crippen LogP contribution is -2.16. The monoisotopic (exact) mass is 179 g/mol. The van der Waals surface area contributed by atoms with Gasteiger partial charge in [0.25, 0.3) is 0 Å². The Labute approximate surface area is 77.1 Å². The van der Waals surface area contributed by atoms with Crippen molar-refractivity contribution >= 4 is 5.69 Å². The molecule has 4 nitrogen and oxygen atoms in total. The first-order valence-electron chi connectivity index (χ1n) is 4.17. The number of hydrogen-bond donors (Lipinski definition) is 2. The molecule has 0 atom stereocenters. The maximum absolute atomic E-state index is 9.76. The lowest BCUT2D eigenvalue weighted by atomic mass is 10.2. The van der Waals surface area contributed by atoms with Crippen LogP contribution in [0.1, 0.15) is 5.56 Å². The van der Waals surface area contributed by atoms with Gasteiger partial charge in [-0.05, 0) is 17.7 Å². The summed E-state index contributed by atoms with van der Waals surface area (Å²) in [5, 5.41) is 5.83. The highest BCUT2D eigenvalue weighted by atomic mass is 16.3. The highest BCUT2D eigenvalue weighted by Crippen LogP contribution is 2.05. The lowest BCUT2D eigenvalue weighted by Gasteiger charge is -2.02. The van der Waals surface area contributed by atoms with E-state index in [2.05, 4.69) is 10.5 Å². The predicted octanol–water partition coefficient (Wildman–Crippen LogP) is 1.12. The molecule has 1 aromatic rings. The van der Waals surface area contributed by atoms with E-state index in [9.17, 15) is 4.91 Å². The van der Waals surface area contributed by atoms with Gasteiger partial charge >= 0.3 is 0 Å². The predicted molar refractivity (Wildman–Crippen MR) is 53.2 cm³/mol. The maximum atomic E-state index is 9.76. The first-order chi connectivity index (χ1) is 6.33.